The van der Waals surface area contributed by atoms with Crippen LogP contribution >= 0.6 is 0 Å². The second-order valence-electron chi connectivity index (χ2n) is 10.1. The quantitative estimate of drug-likeness (QED) is 0.202. The Bertz CT molecular complexity index is 1470. The lowest BCUT2D eigenvalue weighted by molar-refractivity contribution is -0.110. The third-order valence-electron chi connectivity index (χ3n) is 7.40. The summed E-state index contributed by atoms with van der Waals surface area (Å²) in [6.45, 7) is 2.03. The Kier molecular flexibility index (Phi) is 7.89. The Hall–Kier alpha value is -4.55. The average molecular weight is 534 g/mol. The number of allylic oxidation sites excluding steroid dienone is 1. The normalized spacial score (nSPS) is 13.8. The van der Waals surface area contributed by atoms with Gasteiger partial charge in [0.05, 0.1) is 25.5 Å². The van der Waals surface area contributed by atoms with Crippen molar-refractivity contribution in [2.45, 2.75) is 31.7 Å². The standard InChI is InChI=1S/C34H35N3O3/c1-4-28(32-27-19-30(39-2)31(40-3)20-29(27)37-33(32)38)36-26-17-15-25(16-18-26)34(35,21-23-11-7-5-8-12-23)22-24-13-9-6-10-14-24/h5-20,36H,4,21-22,35H2,1-3H3,(H,37,38)/b32-28+. The average Bonchev–Trinajstić information content (AvgIpc) is 3.30. The summed E-state index contributed by atoms with van der Waals surface area (Å²) in [5.74, 6) is 0.991. The zero-order valence-corrected chi connectivity index (χ0v) is 23.2. The molecular weight excluding hydrogens is 498 g/mol. The number of anilines is 2. The molecule has 0 aliphatic carbocycles. The van der Waals surface area contributed by atoms with Crippen LogP contribution in [0.3, 0.4) is 0 Å². The minimum atomic E-state index is -0.590. The van der Waals surface area contributed by atoms with Gasteiger partial charge in [-0.1, -0.05) is 79.7 Å². The van der Waals surface area contributed by atoms with Crippen molar-refractivity contribution in [2.75, 3.05) is 24.9 Å². The van der Waals surface area contributed by atoms with Gasteiger partial charge in [0.2, 0.25) is 0 Å². The topological polar surface area (TPSA) is 85.6 Å². The molecule has 1 aliphatic heterocycles. The summed E-state index contributed by atoms with van der Waals surface area (Å²) in [5.41, 5.74) is 13.8. The van der Waals surface area contributed by atoms with Crippen molar-refractivity contribution in [3.05, 3.63) is 125 Å². The molecule has 4 N–H and O–H groups in total. The number of nitrogens with one attached hydrogen (secondary N) is 2. The van der Waals surface area contributed by atoms with Crippen molar-refractivity contribution in [3.8, 4) is 11.5 Å². The number of ether oxygens (including phenoxy) is 2. The Balaban J connectivity index is 1.45. The number of fused-ring (bicyclic) bond motifs is 1. The van der Waals surface area contributed by atoms with Gasteiger partial charge in [0.25, 0.3) is 5.91 Å². The highest BCUT2D eigenvalue weighted by Crippen LogP contribution is 2.42. The summed E-state index contributed by atoms with van der Waals surface area (Å²) in [5, 5.41) is 6.45. The molecule has 6 heteroatoms. The molecule has 0 bridgehead atoms. The van der Waals surface area contributed by atoms with Gasteiger partial charge in [-0.15, -0.1) is 0 Å². The van der Waals surface area contributed by atoms with Crippen LogP contribution in [0.5, 0.6) is 11.5 Å². The predicted molar refractivity (Wildman–Crippen MR) is 162 cm³/mol. The Morgan fingerprint density at radius 3 is 1.90 bits per heavy atom. The largest absolute Gasteiger partial charge is 0.493 e. The molecule has 5 rings (SSSR count). The molecular formula is C34H35N3O3. The molecule has 0 fully saturated rings. The highest BCUT2D eigenvalue weighted by atomic mass is 16.5. The minimum absolute atomic E-state index is 0.155. The van der Waals surface area contributed by atoms with Crippen LogP contribution in [-0.4, -0.2) is 20.1 Å². The van der Waals surface area contributed by atoms with Crippen LogP contribution in [0.15, 0.2) is 103 Å². The minimum Gasteiger partial charge on any atom is -0.493 e. The summed E-state index contributed by atoms with van der Waals surface area (Å²) >= 11 is 0. The number of carbonyl (C=O) groups is 1. The molecule has 0 aromatic heterocycles. The third-order valence-corrected chi connectivity index (χ3v) is 7.40. The van der Waals surface area contributed by atoms with Gasteiger partial charge in [-0.25, -0.2) is 0 Å². The van der Waals surface area contributed by atoms with Crippen molar-refractivity contribution in [1.82, 2.24) is 0 Å². The van der Waals surface area contributed by atoms with E-state index in [1.54, 1.807) is 20.3 Å². The maximum absolute atomic E-state index is 13.0. The molecule has 204 valence electrons. The predicted octanol–water partition coefficient (Wildman–Crippen LogP) is 6.53. The van der Waals surface area contributed by atoms with Crippen LogP contribution in [0.1, 0.15) is 35.6 Å². The SMILES string of the molecule is CC/C(Nc1ccc(C(N)(Cc2ccccc2)Cc2ccccc2)cc1)=C1\C(=O)Nc2cc(OC)c(OC)cc21. The highest BCUT2D eigenvalue weighted by Gasteiger charge is 2.30. The Morgan fingerprint density at radius 1 is 0.825 bits per heavy atom. The van der Waals surface area contributed by atoms with E-state index in [1.165, 1.54) is 11.1 Å². The molecule has 0 saturated heterocycles. The summed E-state index contributed by atoms with van der Waals surface area (Å²) in [7, 11) is 3.17. The molecule has 1 heterocycles. The van der Waals surface area contributed by atoms with E-state index >= 15 is 0 Å². The summed E-state index contributed by atoms with van der Waals surface area (Å²) in [6.07, 6.45) is 2.06. The van der Waals surface area contributed by atoms with E-state index in [9.17, 15) is 4.79 Å². The van der Waals surface area contributed by atoms with Crippen molar-refractivity contribution in [2.24, 2.45) is 5.73 Å². The van der Waals surface area contributed by atoms with Crippen molar-refractivity contribution < 1.29 is 14.3 Å². The van der Waals surface area contributed by atoms with Gasteiger partial charge >= 0.3 is 0 Å². The molecule has 0 radical (unpaired) electrons. The zero-order chi connectivity index (χ0) is 28.1. The second-order valence-corrected chi connectivity index (χ2v) is 10.1. The summed E-state index contributed by atoms with van der Waals surface area (Å²) in [6, 6.07) is 32.6. The molecule has 6 nitrogen and oxygen atoms in total. The lowest BCUT2D eigenvalue weighted by atomic mass is 9.80. The van der Waals surface area contributed by atoms with E-state index < -0.39 is 5.54 Å². The molecule has 0 spiro atoms. The summed E-state index contributed by atoms with van der Waals surface area (Å²) < 4.78 is 10.9. The molecule has 0 atom stereocenters. The molecule has 1 amide bonds. The van der Waals surface area contributed by atoms with Crippen molar-refractivity contribution >= 4 is 22.9 Å². The molecule has 4 aromatic carbocycles. The van der Waals surface area contributed by atoms with E-state index in [4.69, 9.17) is 15.2 Å². The first kappa shape index (κ1) is 27.0. The monoisotopic (exact) mass is 533 g/mol. The lowest BCUT2D eigenvalue weighted by Gasteiger charge is -2.31. The number of hydrogen-bond acceptors (Lipinski definition) is 5. The maximum Gasteiger partial charge on any atom is 0.258 e. The second kappa shape index (κ2) is 11.7. The molecule has 0 unspecified atom stereocenters. The van der Waals surface area contributed by atoms with E-state index in [0.717, 1.165) is 22.5 Å². The summed E-state index contributed by atoms with van der Waals surface area (Å²) in [4.78, 5) is 13.0. The zero-order valence-electron chi connectivity index (χ0n) is 23.2. The van der Waals surface area contributed by atoms with Gasteiger partial charge < -0.3 is 25.8 Å². The molecule has 1 aliphatic rings. The van der Waals surface area contributed by atoms with E-state index in [1.807, 2.05) is 61.5 Å². The van der Waals surface area contributed by atoms with Crippen molar-refractivity contribution in [1.29, 1.82) is 0 Å². The number of nitrogens with two attached hydrogens (primary N) is 1. The van der Waals surface area contributed by atoms with Gasteiger partial charge in [-0.05, 0) is 54.2 Å². The van der Waals surface area contributed by atoms with Crippen LogP contribution in [0, 0.1) is 0 Å². The number of carbonyl (C=O) groups excluding carboxylic acids is 1. The maximum atomic E-state index is 13.0. The van der Waals surface area contributed by atoms with E-state index in [-0.39, 0.29) is 5.91 Å². The van der Waals surface area contributed by atoms with Gasteiger partial charge in [0, 0.05) is 28.6 Å². The lowest BCUT2D eigenvalue weighted by Crippen LogP contribution is -2.41. The number of hydrogen-bond donors (Lipinski definition) is 3. The Morgan fingerprint density at radius 2 is 1.38 bits per heavy atom. The van der Waals surface area contributed by atoms with Gasteiger partial charge in [-0.2, -0.15) is 0 Å². The fourth-order valence-corrected chi connectivity index (χ4v) is 5.37. The van der Waals surface area contributed by atoms with Crippen LogP contribution in [0.2, 0.25) is 0 Å². The van der Waals surface area contributed by atoms with Gasteiger partial charge in [-0.3, -0.25) is 4.79 Å². The fraction of sp³-hybridized carbons (Fsp3) is 0.206. The smallest absolute Gasteiger partial charge is 0.258 e. The van der Waals surface area contributed by atoms with Gasteiger partial charge in [0.1, 0.15) is 0 Å². The van der Waals surface area contributed by atoms with Crippen molar-refractivity contribution in [3.63, 3.8) is 0 Å². The molecule has 40 heavy (non-hydrogen) atoms. The van der Waals surface area contributed by atoms with Gasteiger partial charge in [0.15, 0.2) is 11.5 Å². The first-order valence-corrected chi connectivity index (χ1v) is 13.5. The fourth-order valence-electron chi connectivity index (χ4n) is 5.37. The van der Waals surface area contributed by atoms with Crippen LogP contribution < -0.4 is 25.8 Å². The van der Waals surface area contributed by atoms with Crippen LogP contribution in [-0.2, 0) is 23.2 Å². The van der Waals surface area contributed by atoms with E-state index in [2.05, 4.69) is 47.0 Å². The number of methoxy groups -OCH3 is 2. The first-order valence-electron chi connectivity index (χ1n) is 13.5. The van der Waals surface area contributed by atoms with Crippen LogP contribution in [0.25, 0.3) is 5.57 Å². The number of rotatable bonds is 10. The van der Waals surface area contributed by atoms with Crippen LogP contribution in [0.4, 0.5) is 11.4 Å². The van der Waals surface area contributed by atoms with E-state index in [0.29, 0.717) is 42.0 Å². The number of amides is 1. The molecule has 4 aromatic rings. The number of benzene rings is 4. The first-order chi connectivity index (χ1) is 19.4. The molecule has 0 saturated carbocycles. The Labute approximate surface area is 235 Å². The highest BCUT2D eigenvalue weighted by molar-refractivity contribution is 6.32. The third kappa shape index (κ3) is 5.58.